The topological polar surface area (TPSA) is 86.7 Å². The van der Waals surface area contributed by atoms with E-state index in [0.717, 1.165) is 44.5 Å². The molecule has 0 spiro atoms. The van der Waals surface area contributed by atoms with E-state index in [9.17, 15) is 9.59 Å². The van der Waals surface area contributed by atoms with Crippen LogP contribution in [0.1, 0.15) is 56.8 Å². The Bertz CT molecular complexity index is 847. The van der Waals surface area contributed by atoms with Gasteiger partial charge in [0, 0.05) is 35.9 Å². The van der Waals surface area contributed by atoms with Crippen LogP contribution in [-0.2, 0) is 4.79 Å². The van der Waals surface area contributed by atoms with Gasteiger partial charge in [-0.2, -0.15) is 5.10 Å². The van der Waals surface area contributed by atoms with Crippen molar-refractivity contribution in [3.8, 4) is 0 Å². The molecule has 1 atom stereocenters. The smallest absolute Gasteiger partial charge is 0.271 e. The van der Waals surface area contributed by atoms with E-state index in [0.29, 0.717) is 17.8 Å². The Morgan fingerprint density at radius 3 is 2.22 bits per heavy atom. The number of carbonyl (C=O) groups is 2. The fraction of sp³-hybridized carbons (Fsp3) is 0.440. The summed E-state index contributed by atoms with van der Waals surface area (Å²) in [6.07, 6.45) is 7.45. The Labute approximate surface area is 191 Å². The molecule has 0 aliphatic heterocycles. The molecule has 2 N–H and O–H groups in total. The number of hydrazone groups is 1. The molecule has 1 aromatic carbocycles. The van der Waals surface area contributed by atoms with Crippen molar-refractivity contribution in [2.45, 2.75) is 46.5 Å². The largest absolute Gasteiger partial charge is 0.325 e. The molecule has 1 aromatic heterocycles. The molecule has 1 heterocycles. The number of amides is 2. The van der Waals surface area contributed by atoms with Crippen molar-refractivity contribution in [1.82, 2.24) is 15.3 Å². The van der Waals surface area contributed by atoms with Gasteiger partial charge in [-0.15, -0.1) is 0 Å². The van der Waals surface area contributed by atoms with Gasteiger partial charge in [-0.25, -0.2) is 5.43 Å². The molecule has 0 radical (unpaired) electrons. The van der Waals surface area contributed by atoms with Crippen molar-refractivity contribution in [1.29, 1.82) is 0 Å². The molecule has 0 unspecified atom stereocenters. The van der Waals surface area contributed by atoms with E-state index >= 15 is 0 Å². The number of unbranched alkanes of at least 4 members (excludes halogenated alkanes) is 2. The Hall–Kier alpha value is -3.06. The number of nitrogens with one attached hydrogen (secondary N) is 2. The number of para-hydroxylation sites is 1. The molecule has 7 heteroatoms. The zero-order chi connectivity index (χ0) is 23.2. The predicted octanol–water partition coefficient (Wildman–Crippen LogP) is 4.34. The lowest BCUT2D eigenvalue weighted by molar-refractivity contribution is -0.118. The van der Waals surface area contributed by atoms with Gasteiger partial charge in [-0.3, -0.25) is 14.6 Å². The Balaban J connectivity index is 2.18. The minimum atomic E-state index is -0.485. The summed E-state index contributed by atoms with van der Waals surface area (Å²) in [6.45, 7) is 8.54. The van der Waals surface area contributed by atoms with Crippen molar-refractivity contribution in [2.75, 3.05) is 25.0 Å². The van der Waals surface area contributed by atoms with Crippen LogP contribution in [-0.4, -0.2) is 47.0 Å². The zero-order valence-electron chi connectivity index (χ0n) is 19.4. The number of rotatable bonds is 13. The molecule has 0 fully saturated rings. The van der Waals surface area contributed by atoms with E-state index < -0.39 is 5.92 Å². The number of nitrogens with zero attached hydrogens (tertiary/aromatic N) is 3. The van der Waals surface area contributed by atoms with E-state index in [-0.39, 0.29) is 11.8 Å². The molecule has 172 valence electrons. The average Bonchev–Trinajstić information content (AvgIpc) is 2.83. The first-order valence-electron chi connectivity index (χ1n) is 11.4. The maximum Gasteiger partial charge on any atom is 0.271 e. The number of benzene rings is 1. The van der Waals surface area contributed by atoms with Crippen LogP contribution in [0.4, 0.5) is 5.69 Å². The van der Waals surface area contributed by atoms with Gasteiger partial charge in [-0.05, 0) is 57.1 Å². The highest BCUT2D eigenvalue weighted by Crippen LogP contribution is 2.13. The molecule has 0 aliphatic carbocycles. The Morgan fingerprint density at radius 1 is 1.00 bits per heavy atom. The molecule has 32 heavy (non-hydrogen) atoms. The first kappa shape index (κ1) is 25.2. The Kier molecular flexibility index (Phi) is 11.1. The summed E-state index contributed by atoms with van der Waals surface area (Å²) in [4.78, 5) is 31.8. The van der Waals surface area contributed by atoms with E-state index in [1.54, 1.807) is 31.5 Å². The van der Waals surface area contributed by atoms with Gasteiger partial charge in [-0.1, -0.05) is 44.9 Å². The summed E-state index contributed by atoms with van der Waals surface area (Å²) in [5, 5.41) is 7.28. The first-order chi connectivity index (χ1) is 15.5. The van der Waals surface area contributed by atoms with Gasteiger partial charge in [0.05, 0.1) is 5.92 Å². The van der Waals surface area contributed by atoms with Crippen molar-refractivity contribution in [3.05, 3.63) is 60.4 Å². The lowest BCUT2D eigenvalue weighted by Crippen LogP contribution is -2.41. The number of carbonyl (C=O) groups excluding carboxylic acids is 2. The second-order valence-electron chi connectivity index (χ2n) is 7.85. The lowest BCUT2D eigenvalue weighted by Gasteiger charge is -2.27. The number of aromatic nitrogens is 1. The summed E-state index contributed by atoms with van der Waals surface area (Å²) in [7, 11) is 0. The number of pyridine rings is 1. The second-order valence-corrected chi connectivity index (χ2v) is 7.85. The highest BCUT2D eigenvalue weighted by Gasteiger charge is 2.25. The van der Waals surface area contributed by atoms with Crippen LogP contribution in [0.5, 0.6) is 0 Å². The van der Waals surface area contributed by atoms with E-state index in [1.807, 2.05) is 30.3 Å². The van der Waals surface area contributed by atoms with Crippen LogP contribution >= 0.6 is 0 Å². The van der Waals surface area contributed by atoms with E-state index in [4.69, 9.17) is 0 Å². The molecule has 0 saturated heterocycles. The SMILES string of the molecule is CCCCN(CCCC)C[C@@H](C(=O)Nc1ccccc1)/C(C)=N/NC(=O)c1ccncc1. The minimum absolute atomic E-state index is 0.131. The molecule has 7 nitrogen and oxygen atoms in total. The maximum atomic E-state index is 13.2. The van der Waals surface area contributed by atoms with Gasteiger partial charge < -0.3 is 10.2 Å². The van der Waals surface area contributed by atoms with E-state index in [1.165, 1.54) is 0 Å². The van der Waals surface area contributed by atoms with Crippen molar-refractivity contribution < 1.29 is 9.59 Å². The molecule has 0 saturated carbocycles. The summed E-state index contributed by atoms with van der Waals surface area (Å²) < 4.78 is 0. The molecular weight excluding hydrogens is 402 g/mol. The van der Waals surface area contributed by atoms with Crippen LogP contribution in [0.25, 0.3) is 0 Å². The van der Waals surface area contributed by atoms with Gasteiger partial charge in [0.1, 0.15) is 0 Å². The Morgan fingerprint density at radius 2 is 1.62 bits per heavy atom. The first-order valence-corrected chi connectivity index (χ1v) is 11.4. The third kappa shape index (κ3) is 8.59. The van der Waals surface area contributed by atoms with Gasteiger partial charge >= 0.3 is 0 Å². The molecule has 0 aliphatic rings. The van der Waals surface area contributed by atoms with Crippen LogP contribution < -0.4 is 10.7 Å². The standard InChI is InChI=1S/C25H35N5O2/c1-4-6-17-30(18-7-5-2)19-23(25(32)27-22-11-9-8-10-12-22)20(3)28-29-24(31)21-13-15-26-16-14-21/h8-16,23H,4-7,17-19H2,1-3H3,(H,27,32)(H,29,31)/b28-20+/t23-/m1/s1. The van der Waals surface area contributed by atoms with Crippen molar-refractivity contribution >= 4 is 23.2 Å². The molecule has 2 aromatic rings. The summed E-state index contributed by atoms with van der Waals surface area (Å²) in [5.41, 5.74) is 4.36. The summed E-state index contributed by atoms with van der Waals surface area (Å²) >= 11 is 0. The fourth-order valence-corrected chi connectivity index (χ4v) is 3.26. The number of anilines is 1. The maximum absolute atomic E-state index is 13.2. The predicted molar refractivity (Wildman–Crippen MR) is 130 cm³/mol. The van der Waals surface area contributed by atoms with Crippen molar-refractivity contribution in [2.24, 2.45) is 11.0 Å². The highest BCUT2D eigenvalue weighted by atomic mass is 16.2. The number of hydrogen-bond donors (Lipinski definition) is 2. The molecule has 2 amide bonds. The van der Waals surface area contributed by atoms with Crippen LogP contribution in [0.15, 0.2) is 60.0 Å². The number of hydrogen-bond acceptors (Lipinski definition) is 5. The molecule has 2 rings (SSSR count). The van der Waals surface area contributed by atoms with Crippen LogP contribution in [0, 0.1) is 5.92 Å². The van der Waals surface area contributed by atoms with Gasteiger partial charge in [0.15, 0.2) is 0 Å². The summed E-state index contributed by atoms with van der Waals surface area (Å²) in [6, 6.07) is 12.6. The fourth-order valence-electron chi connectivity index (χ4n) is 3.26. The summed E-state index contributed by atoms with van der Waals surface area (Å²) in [5.74, 6) is -0.946. The molecular formula is C25H35N5O2. The van der Waals surface area contributed by atoms with Crippen LogP contribution in [0.3, 0.4) is 0 Å². The highest BCUT2D eigenvalue weighted by molar-refractivity contribution is 6.09. The van der Waals surface area contributed by atoms with E-state index in [2.05, 4.69) is 39.6 Å². The molecule has 0 bridgehead atoms. The monoisotopic (exact) mass is 437 g/mol. The van der Waals surface area contributed by atoms with Crippen LogP contribution in [0.2, 0.25) is 0 Å². The van der Waals surface area contributed by atoms with Crippen molar-refractivity contribution in [3.63, 3.8) is 0 Å². The third-order valence-corrected chi connectivity index (χ3v) is 5.23. The normalized spacial score (nSPS) is 12.4. The average molecular weight is 438 g/mol. The second kappa shape index (κ2) is 14.1. The third-order valence-electron chi connectivity index (χ3n) is 5.23. The van der Waals surface area contributed by atoms with Gasteiger partial charge in [0.25, 0.3) is 5.91 Å². The zero-order valence-corrected chi connectivity index (χ0v) is 19.4. The quantitative estimate of drug-likeness (QED) is 0.360. The van der Waals surface area contributed by atoms with Gasteiger partial charge in [0.2, 0.25) is 5.91 Å². The minimum Gasteiger partial charge on any atom is -0.325 e. The lowest BCUT2D eigenvalue weighted by atomic mass is 10.0.